The summed E-state index contributed by atoms with van der Waals surface area (Å²) in [6, 6.07) is 3.38. The van der Waals surface area contributed by atoms with E-state index in [0.717, 1.165) is 0 Å². The second kappa shape index (κ2) is 14.9. The zero-order valence-corrected chi connectivity index (χ0v) is 19.4. The topological polar surface area (TPSA) is 208 Å². The van der Waals surface area contributed by atoms with Crippen LogP contribution in [0.15, 0.2) is 30.3 Å². The highest BCUT2D eigenvalue weighted by atomic mass is 32.2. The minimum Gasteiger partial charge on any atom is -0.481 e. The first-order valence-electron chi connectivity index (χ1n) is 10.3. The normalized spacial score (nSPS) is 14.2. The molecule has 34 heavy (non-hydrogen) atoms. The smallest absolute Gasteiger partial charge is 0.326 e. The molecule has 0 heterocycles. The van der Waals surface area contributed by atoms with Gasteiger partial charge in [0, 0.05) is 6.42 Å². The van der Waals surface area contributed by atoms with Crippen molar-refractivity contribution in [3.8, 4) is 0 Å². The minimum atomic E-state index is -1.49. The van der Waals surface area contributed by atoms with Crippen LogP contribution in [0.1, 0.15) is 18.4 Å². The minimum absolute atomic E-state index is 0.0297. The lowest BCUT2D eigenvalue weighted by Crippen LogP contribution is -2.58. The van der Waals surface area contributed by atoms with Gasteiger partial charge < -0.3 is 37.0 Å². The van der Waals surface area contributed by atoms with Crippen LogP contribution in [0.3, 0.4) is 0 Å². The fourth-order valence-electron chi connectivity index (χ4n) is 2.85. The van der Waals surface area contributed by atoms with Crippen molar-refractivity contribution in [3.05, 3.63) is 35.9 Å². The highest BCUT2D eigenvalue weighted by Gasteiger charge is 2.30. The molecule has 0 bridgehead atoms. The number of aliphatic hydroxyl groups excluding tert-OH is 1. The lowest BCUT2D eigenvalue weighted by atomic mass is 10.1. The van der Waals surface area contributed by atoms with Crippen molar-refractivity contribution in [2.24, 2.45) is 5.73 Å². The Labute approximate surface area is 200 Å². The van der Waals surface area contributed by atoms with E-state index in [1.807, 2.05) is 0 Å². The number of thioether (sulfide) groups is 1. The van der Waals surface area contributed by atoms with E-state index in [2.05, 4.69) is 16.0 Å². The van der Waals surface area contributed by atoms with Gasteiger partial charge in [-0.25, -0.2) is 4.79 Å². The lowest BCUT2D eigenvalue weighted by Gasteiger charge is -2.24. The van der Waals surface area contributed by atoms with Crippen LogP contribution in [0, 0.1) is 0 Å². The molecule has 8 N–H and O–H groups in total. The van der Waals surface area contributed by atoms with Crippen molar-refractivity contribution in [1.82, 2.24) is 16.0 Å². The molecule has 0 spiro atoms. The van der Waals surface area contributed by atoms with Crippen LogP contribution >= 0.6 is 11.8 Å². The van der Waals surface area contributed by atoms with E-state index < -0.39 is 66.9 Å². The SMILES string of the molecule is CSCCC(NC(=O)C(CO)NC(=O)C(N)CC(=O)O)C(=O)NC(Cc1ccccc1)C(=O)O. The van der Waals surface area contributed by atoms with Gasteiger partial charge in [0.1, 0.15) is 18.1 Å². The van der Waals surface area contributed by atoms with Crippen molar-refractivity contribution in [2.75, 3.05) is 18.6 Å². The van der Waals surface area contributed by atoms with E-state index in [1.54, 1.807) is 36.6 Å². The fraction of sp³-hybridized carbons (Fsp3) is 0.476. The second-order valence-electron chi connectivity index (χ2n) is 7.38. The molecule has 1 rings (SSSR count). The van der Waals surface area contributed by atoms with Crippen LogP contribution in [0.25, 0.3) is 0 Å². The average Bonchev–Trinajstić information content (AvgIpc) is 2.79. The van der Waals surface area contributed by atoms with Crippen LogP contribution in [-0.2, 0) is 30.4 Å². The number of carboxylic acid groups (broad SMARTS) is 2. The van der Waals surface area contributed by atoms with Gasteiger partial charge in [0.05, 0.1) is 19.1 Å². The Morgan fingerprint density at radius 1 is 0.912 bits per heavy atom. The number of hydrogen-bond donors (Lipinski definition) is 7. The maximum Gasteiger partial charge on any atom is 0.326 e. The number of hydrogen-bond acceptors (Lipinski definition) is 8. The Bertz CT molecular complexity index is 854. The number of nitrogens with one attached hydrogen (secondary N) is 3. The zero-order chi connectivity index (χ0) is 25.7. The summed E-state index contributed by atoms with van der Waals surface area (Å²) in [4.78, 5) is 59.8. The van der Waals surface area contributed by atoms with Crippen molar-refractivity contribution in [3.63, 3.8) is 0 Å². The molecule has 0 aliphatic carbocycles. The first kappa shape index (κ1) is 28.9. The predicted molar refractivity (Wildman–Crippen MR) is 124 cm³/mol. The van der Waals surface area contributed by atoms with E-state index >= 15 is 0 Å². The zero-order valence-electron chi connectivity index (χ0n) is 18.6. The van der Waals surface area contributed by atoms with Gasteiger partial charge in [0.2, 0.25) is 17.7 Å². The molecule has 0 aliphatic heterocycles. The van der Waals surface area contributed by atoms with Crippen molar-refractivity contribution in [1.29, 1.82) is 0 Å². The maximum atomic E-state index is 12.8. The standard InChI is InChI=1S/C21H30N4O8S/c1-34-8-7-14(19(30)24-15(21(32)33)9-12-5-3-2-4-6-12)23-20(31)16(11-26)25-18(29)13(22)10-17(27)28/h2-6,13-16,26H,7-11,22H2,1H3,(H,23,31)(H,24,30)(H,25,29)(H,27,28)(H,32,33). The van der Waals surface area contributed by atoms with Gasteiger partial charge in [0.15, 0.2) is 0 Å². The summed E-state index contributed by atoms with van der Waals surface area (Å²) in [5.41, 5.74) is 6.15. The van der Waals surface area contributed by atoms with Crippen molar-refractivity contribution < 1.29 is 39.3 Å². The van der Waals surface area contributed by atoms with Gasteiger partial charge >= 0.3 is 11.9 Å². The number of aliphatic hydroxyl groups is 1. The molecular formula is C21H30N4O8S. The number of nitrogens with two attached hydrogens (primary N) is 1. The number of rotatable bonds is 15. The average molecular weight is 499 g/mol. The van der Waals surface area contributed by atoms with E-state index in [-0.39, 0.29) is 12.8 Å². The molecule has 0 fully saturated rings. The molecule has 0 radical (unpaired) electrons. The summed E-state index contributed by atoms with van der Waals surface area (Å²) < 4.78 is 0. The van der Waals surface area contributed by atoms with Crippen LogP contribution < -0.4 is 21.7 Å². The molecule has 188 valence electrons. The lowest BCUT2D eigenvalue weighted by molar-refractivity contribution is -0.142. The molecule has 3 amide bonds. The van der Waals surface area contributed by atoms with E-state index in [9.17, 15) is 34.2 Å². The number of aliphatic carboxylic acids is 2. The number of carbonyl (C=O) groups excluding carboxylic acids is 3. The first-order valence-corrected chi connectivity index (χ1v) is 11.7. The molecule has 0 aromatic heterocycles. The predicted octanol–water partition coefficient (Wildman–Crippen LogP) is -1.68. The molecule has 4 atom stereocenters. The van der Waals surface area contributed by atoms with Gasteiger partial charge in [-0.05, 0) is 24.0 Å². The Hall–Kier alpha value is -3.16. The first-order chi connectivity index (χ1) is 16.1. The quantitative estimate of drug-likeness (QED) is 0.146. The fourth-order valence-corrected chi connectivity index (χ4v) is 3.32. The highest BCUT2D eigenvalue weighted by Crippen LogP contribution is 2.06. The Kier molecular flexibility index (Phi) is 12.6. The van der Waals surface area contributed by atoms with E-state index in [4.69, 9.17) is 10.8 Å². The van der Waals surface area contributed by atoms with Crippen LogP contribution in [-0.4, -0.2) is 87.8 Å². The molecule has 0 saturated heterocycles. The third kappa shape index (κ3) is 10.2. The van der Waals surface area contributed by atoms with Gasteiger partial charge in [0.25, 0.3) is 0 Å². The largest absolute Gasteiger partial charge is 0.481 e. The summed E-state index contributed by atoms with van der Waals surface area (Å²) in [5, 5.41) is 34.7. The van der Waals surface area contributed by atoms with E-state index in [0.29, 0.717) is 11.3 Å². The molecular weight excluding hydrogens is 468 g/mol. The monoisotopic (exact) mass is 498 g/mol. The number of amides is 3. The number of benzene rings is 1. The summed E-state index contributed by atoms with van der Waals surface area (Å²) >= 11 is 1.40. The van der Waals surface area contributed by atoms with Crippen LogP contribution in [0.2, 0.25) is 0 Å². The van der Waals surface area contributed by atoms with Crippen molar-refractivity contribution in [2.45, 2.75) is 43.4 Å². The molecule has 0 saturated carbocycles. The molecule has 12 nitrogen and oxygen atoms in total. The highest BCUT2D eigenvalue weighted by molar-refractivity contribution is 7.98. The van der Waals surface area contributed by atoms with Gasteiger partial charge in [-0.1, -0.05) is 30.3 Å². The van der Waals surface area contributed by atoms with Gasteiger partial charge in [-0.15, -0.1) is 0 Å². The third-order valence-corrected chi connectivity index (χ3v) is 5.33. The van der Waals surface area contributed by atoms with Crippen LogP contribution in [0.4, 0.5) is 0 Å². The summed E-state index contributed by atoms with van der Waals surface area (Å²) in [5.74, 6) is -4.72. The number of carbonyl (C=O) groups is 5. The molecule has 1 aromatic carbocycles. The molecule has 13 heteroatoms. The summed E-state index contributed by atoms with van der Waals surface area (Å²) in [7, 11) is 0. The summed E-state index contributed by atoms with van der Waals surface area (Å²) in [6.45, 7) is -0.833. The number of carboxylic acids is 2. The molecule has 0 aliphatic rings. The Morgan fingerprint density at radius 3 is 2.00 bits per heavy atom. The third-order valence-electron chi connectivity index (χ3n) is 4.69. The maximum absolute atomic E-state index is 12.8. The molecule has 4 unspecified atom stereocenters. The Balaban J connectivity index is 2.87. The van der Waals surface area contributed by atoms with Gasteiger partial charge in [-0.3, -0.25) is 19.2 Å². The van der Waals surface area contributed by atoms with E-state index in [1.165, 1.54) is 11.8 Å². The molecule has 1 aromatic rings. The van der Waals surface area contributed by atoms with Crippen molar-refractivity contribution >= 4 is 41.4 Å². The Morgan fingerprint density at radius 2 is 1.47 bits per heavy atom. The second-order valence-corrected chi connectivity index (χ2v) is 8.37. The summed E-state index contributed by atoms with van der Waals surface area (Å²) in [6.07, 6.45) is 1.29. The van der Waals surface area contributed by atoms with Crippen LogP contribution in [0.5, 0.6) is 0 Å². The van der Waals surface area contributed by atoms with Gasteiger partial charge in [-0.2, -0.15) is 11.8 Å².